The summed E-state index contributed by atoms with van der Waals surface area (Å²) in [7, 11) is 0. The van der Waals surface area contributed by atoms with Crippen LogP contribution in [0.25, 0.3) is 0 Å². The highest BCUT2D eigenvalue weighted by atomic mass is 19.3. The van der Waals surface area contributed by atoms with E-state index in [4.69, 9.17) is 0 Å². The maximum Gasteiger partial charge on any atom is 0.345 e. The Labute approximate surface area is 100 Å². The van der Waals surface area contributed by atoms with Gasteiger partial charge in [0, 0.05) is 19.0 Å². The Morgan fingerprint density at radius 1 is 1.41 bits per heavy atom. The van der Waals surface area contributed by atoms with Crippen molar-refractivity contribution in [3.8, 4) is 0 Å². The molecule has 1 aliphatic carbocycles. The lowest BCUT2D eigenvalue weighted by atomic mass is 9.91. The summed E-state index contributed by atoms with van der Waals surface area (Å²) in [6.45, 7) is 0.0357. The largest absolute Gasteiger partial charge is 0.345 e. The topological polar surface area (TPSA) is 29.5 Å². The number of alkyl halides is 2. The zero-order valence-electron chi connectivity index (χ0n) is 10.1. The molecule has 2 fully saturated rings. The van der Waals surface area contributed by atoms with Gasteiger partial charge in [-0.15, -0.1) is 0 Å². The number of ether oxygens (including phenoxy) is 1. The van der Waals surface area contributed by atoms with Gasteiger partial charge in [0.05, 0.1) is 6.10 Å². The fourth-order valence-electron chi connectivity index (χ4n) is 2.93. The molecule has 5 heteroatoms. The van der Waals surface area contributed by atoms with E-state index in [1.807, 2.05) is 0 Å². The van der Waals surface area contributed by atoms with Gasteiger partial charge in [0.2, 0.25) is 5.91 Å². The summed E-state index contributed by atoms with van der Waals surface area (Å²) in [5.74, 6) is 0.744. The molecule has 2 aliphatic rings. The average molecular weight is 247 g/mol. The van der Waals surface area contributed by atoms with Crippen molar-refractivity contribution in [2.75, 3.05) is 13.1 Å². The Bertz CT molecular complexity index is 280. The van der Waals surface area contributed by atoms with Crippen LogP contribution < -0.4 is 0 Å². The molecule has 1 amide bonds. The molecule has 2 unspecified atom stereocenters. The molecule has 0 aromatic rings. The number of rotatable bonds is 4. The maximum absolute atomic E-state index is 12.1. The first-order chi connectivity index (χ1) is 8.11. The second-order valence-corrected chi connectivity index (χ2v) is 4.97. The van der Waals surface area contributed by atoms with Gasteiger partial charge in [0.1, 0.15) is 0 Å². The van der Waals surface area contributed by atoms with E-state index in [1.165, 1.54) is 0 Å². The minimum absolute atomic E-state index is 0.118. The molecule has 0 bridgehead atoms. The first-order valence-corrected chi connectivity index (χ1v) is 6.34. The minimum Gasteiger partial charge on any atom is -0.337 e. The lowest BCUT2D eigenvalue weighted by Gasteiger charge is -2.40. The van der Waals surface area contributed by atoms with Crippen LogP contribution in [-0.2, 0) is 9.53 Å². The summed E-state index contributed by atoms with van der Waals surface area (Å²) in [5.41, 5.74) is 0. The monoisotopic (exact) mass is 247 g/mol. The molecule has 0 aromatic heterocycles. The number of hydrogen-bond acceptors (Lipinski definition) is 2. The van der Waals surface area contributed by atoms with Gasteiger partial charge in [-0.25, -0.2) is 0 Å². The van der Waals surface area contributed by atoms with Crippen molar-refractivity contribution in [2.45, 2.75) is 45.3 Å². The van der Waals surface area contributed by atoms with Crippen molar-refractivity contribution in [3.63, 3.8) is 0 Å². The van der Waals surface area contributed by atoms with Gasteiger partial charge in [-0.2, -0.15) is 8.78 Å². The SMILES string of the molecule is CCC1CCCC1C(=O)N1CC(OC(F)F)C1. The summed E-state index contributed by atoms with van der Waals surface area (Å²) < 4.78 is 28.2. The van der Waals surface area contributed by atoms with Crippen LogP contribution in [0.4, 0.5) is 8.78 Å². The molecule has 1 saturated carbocycles. The molecule has 0 spiro atoms. The number of hydrogen-bond donors (Lipinski definition) is 0. The molecule has 1 heterocycles. The van der Waals surface area contributed by atoms with Crippen LogP contribution in [0, 0.1) is 11.8 Å². The number of halogens is 2. The molecule has 0 aromatic carbocycles. The third-order valence-electron chi connectivity index (χ3n) is 3.96. The number of carbonyl (C=O) groups excluding carboxylic acids is 1. The zero-order valence-corrected chi connectivity index (χ0v) is 10.1. The van der Waals surface area contributed by atoms with Crippen molar-refractivity contribution in [1.82, 2.24) is 4.90 Å². The van der Waals surface area contributed by atoms with E-state index in [1.54, 1.807) is 4.90 Å². The van der Waals surface area contributed by atoms with Gasteiger partial charge in [-0.1, -0.05) is 19.8 Å². The van der Waals surface area contributed by atoms with Crippen molar-refractivity contribution in [2.24, 2.45) is 11.8 Å². The summed E-state index contributed by atoms with van der Waals surface area (Å²) in [6.07, 6.45) is 3.74. The highest BCUT2D eigenvalue weighted by Gasteiger charge is 2.40. The van der Waals surface area contributed by atoms with Gasteiger partial charge >= 0.3 is 6.61 Å². The molecule has 3 nitrogen and oxygen atoms in total. The standard InChI is InChI=1S/C12H19F2NO2/c1-2-8-4-3-5-10(8)11(16)15-6-9(7-15)17-12(13)14/h8-10,12H,2-7H2,1H3. The maximum atomic E-state index is 12.1. The van der Waals surface area contributed by atoms with Gasteiger partial charge in [-0.3, -0.25) is 4.79 Å². The number of amides is 1. The molecule has 0 N–H and O–H groups in total. The van der Waals surface area contributed by atoms with E-state index in [9.17, 15) is 13.6 Å². The second kappa shape index (κ2) is 5.29. The van der Waals surface area contributed by atoms with E-state index in [0.717, 1.165) is 25.7 Å². The molecule has 2 atom stereocenters. The van der Waals surface area contributed by atoms with Crippen LogP contribution >= 0.6 is 0 Å². The van der Waals surface area contributed by atoms with Crippen LogP contribution in [-0.4, -0.2) is 36.6 Å². The fourth-order valence-corrected chi connectivity index (χ4v) is 2.93. The Kier molecular flexibility index (Phi) is 3.97. The molecule has 1 aliphatic heterocycles. The highest BCUT2D eigenvalue weighted by Crippen LogP contribution is 2.36. The molecular formula is C12H19F2NO2. The Balaban J connectivity index is 1.79. The summed E-state index contributed by atoms with van der Waals surface area (Å²) >= 11 is 0. The van der Waals surface area contributed by atoms with E-state index < -0.39 is 12.7 Å². The third kappa shape index (κ3) is 2.76. The minimum atomic E-state index is -2.73. The molecule has 0 radical (unpaired) electrons. The Hall–Kier alpha value is -0.710. The van der Waals surface area contributed by atoms with Crippen molar-refractivity contribution in [1.29, 1.82) is 0 Å². The average Bonchev–Trinajstić information content (AvgIpc) is 2.69. The van der Waals surface area contributed by atoms with Gasteiger partial charge in [-0.05, 0) is 18.8 Å². The second-order valence-electron chi connectivity index (χ2n) is 4.97. The molecule has 98 valence electrons. The van der Waals surface area contributed by atoms with E-state index >= 15 is 0 Å². The summed E-state index contributed by atoms with van der Waals surface area (Å²) in [6, 6.07) is 0. The van der Waals surface area contributed by atoms with Crippen LogP contribution in [0.2, 0.25) is 0 Å². The van der Waals surface area contributed by atoms with E-state index in [0.29, 0.717) is 19.0 Å². The van der Waals surface area contributed by atoms with Crippen LogP contribution in [0.15, 0.2) is 0 Å². The summed E-state index contributed by atoms with van der Waals surface area (Å²) in [4.78, 5) is 13.8. The van der Waals surface area contributed by atoms with Crippen LogP contribution in [0.1, 0.15) is 32.6 Å². The normalized spacial score (nSPS) is 29.8. The Morgan fingerprint density at radius 2 is 2.12 bits per heavy atom. The van der Waals surface area contributed by atoms with Gasteiger partial charge < -0.3 is 9.64 Å². The van der Waals surface area contributed by atoms with Crippen LogP contribution in [0.3, 0.4) is 0 Å². The van der Waals surface area contributed by atoms with E-state index in [2.05, 4.69) is 11.7 Å². The number of carbonyl (C=O) groups is 1. The fraction of sp³-hybridized carbons (Fsp3) is 0.917. The lowest BCUT2D eigenvalue weighted by Crippen LogP contribution is -2.57. The number of nitrogens with zero attached hydrogens (tertiary/aromatic N) is 1. The predicted molar refractivity (Wildman–Crippen MR) is 58.6 cm³/mol. The van der Waals surface area contributed by atoms with Crippen molar-refractivity contribution in [3.05, 3.63) is 0 Å². The molecule has 17 heavy (non-hydrogen) atoms. The Morgan fingerprint density at radius 3 is 2.71 bits per heavy atom. The van der Waals surface area contributed by atoms with Gasteiger partial charge in [0.15, 0.2) is 0 Å². The third-order valence-corrected chi connectivity index (χ3v) is 3.96. The molecule has 2 rings (SSSR count). The van der Waals surface area contributed by atoms with E-state index in [-0.39, 0.29) is 11.8 Å². The van der Waals surface area contributed by atoms with Gasteiger partial charge in [0.25, 0.3) is 0 Å². The molecular weight excluding hydrogens is 228 g/mol. The summed E-state index contributed by atoms with van der Waals surface area (Å²) in [5, 5.41) is 0. The smallest absolute Gasteiger partial charge is 0.337 e. The molecule has 1 saturated heterocycles. The quantitative estimate of drug-likeness (QED) is 0.762. The van der Waals surface area contributed by atoms with Crippen molar-refractivity contribution >= 4 is 5.91 Å². The van der Waals surface area contributed by atoms with Crippen LogP contribution in [0.5, 0.6) is 0 Å². The zero-order chi connectivity index (χ0) is 12.4. The van der Waals surface area contributed by atoms with Crippen molar-refractivity contribution < 1.29 is 18.3 Å². The predicted octanol–water partition coefficient (Wildman–Crippen LogP) is 2.26. The first-order valence-electron chi connectivity index (χ1n) is 6.34. The first kappa shape index (κ1) is 12.7. The highest BCUT2D eigenvalue weighted by molar-refractivity contribution is 5.80. The lowest BCUT2D eigenvalue weighted by molar-refractivity contribution is -0.200. The number of likely N-dealkylation sites (tertiary alicyclic amines) is 1.